The highest BCUT2D eigenvalue weighted by Gasteiger charge is 2.27. The Morgan fingerprint density at radius 3 is 1.34 bits per heavy atom. The first-order chi connectivity index (χ1) is 36.1. The van der Waals surface area contributed by atoms with Gasteiger partial charge in [-0.15, -0.1) is 5.10 Å². The molecule has 0 fully saturated rings. The Morgan fingerprint density at radius 1 is 0.592 bits per heavy atom. The maximum Gasteiger partial charge on any atom is 0.326 e. The third-order valence-electron chi connectivity index (χ3n) is 10.9. The average Bonchev–Trinajstić information content (AvgIpc) is 3.83. The molecule has 0 radical (unpaired) electrons. The molecule has 0 spiro atoms. The van der Waals surface area contributed by atoms with Gasteiger partial charge in [0.15, 0.2) is 0 Å². The molecule has 416 valence electrons. The van der Waals surface area contributed by atoms with Crippen LogP contribution in [-0.4, -0.2) is 161 Å². The normalized spacial score (nSPS) is 12.8. The summed E-state index contributed by atoms with van der Waals surface area (Å²) in [4.78, 5) is 115. The summed E-state index contributed by atoms with van der Waals surface area (Å²) in [6.45, 7) is -0.878. The molecule has 32 heteroatoms. The zero-order valence-electron chi connectivity index (χ0n) is 40.5. The van der Waals surface area contributed by atoms with Gasteiger partial charge < -0.3 is 72.0 Å². The van der Waals surface area contributed by atoms with Crippen molar-refractivity contribution in [3.05, 3.63) is 68.5 Å². The number of nitrogens with one attached hydrogen (secondary N) is 6. The van der Waals surface area contributed by atoms with Gasteiger partial charge in [0.25, 0.3) is 11.4 Å². The Kier molecular flexibility index (Phi) is 25.3. The zero-order chi connectivity index (χ0) is 56.3. The molecule has 1 aromatic heterocycles. The summed E-state index contributed by atoms with van der Waals surface area (Å²) >= 11 is 0. The van der Waals surface area contributed by atoms with Crippen LogP contribution in [-0.2, 0) is 35.2 Å². The number of carbonyl (C=O) groups excluding carboxylic acids is 2. The molecule has 0 saturated carbocycles. The molecule has 12 N–H and O–H groups in total. The number of urea groups is 2. The topological polar surface area (TPSA) is 466 Å². The number of rotatable bonds is 38. The predicted octanol–water partition coefficient (Wildman–Crippen LogP) is 3.00. The summed E-state index contributed by atoms with van der Waals surface area (Å²) < 4.78 is 26.5. The molecule has 0 aliphatic carbocycles. The number of benzene rings is 2. The quantitative estimate of drug-likeness (QED) is 0.0223. The number of nitrogens with zero attached hydrogens (tertiary/aromatic N) is 5. The minimum atomic E-state index is -1.59. The number of amides is 4. The number of carboxylic acids is 6. The van der Waals surface area contributed by atoms with E-state index in [4.69, 9.17) is 19.7 Å². The van der Waals surface area contributed by atoms with Crippen molar-refractivity contribution in [2.24, 2.45) is 0 Å². The van der Waals surface area contributed by atoms with Crippen LogP contribution in [0, 0.1) is 20.2 Å². The van der Waals surface area contributed by atoms with Crippen molar-refractivity contribution >= 4 is 70.6 Å². The summed E-state index contributed by atoms with van der Waals surface area (Å²) in [5.41, 5.74) is -0.202. The molecular weight excluding hydrogens is 1020 g/mol. The smallest absolute Gasteiger partial charge is 0.326 e. The first-order valence-electron chi connectivity index (χ1n) is 23.3. The number of aryl methyl sites for hydroxylation is 1. The van der Waals surface area contributed by atoms with Crippen LogP contribution < -0.4 is 41.4 Å². The fourth-order valence-corrected chi connectivity index (χ4v) is 6.93. The fourth-order valence-electron chi connectivity index (χ4n) is 6.93. The maximum atomic E-state index is 13.0. The van der Waals surface area contributed by atoms with Gasteiger partial charge in [-0.3, -0.25) is 34.2 Å². The third kappa shape index (κ3) is 21.9. The van der Waals surface area contributed by atoms with E-state index in [-0.39, 0.29) is 112 Å². The number of unbranched alkanes of at least 4 members (excludes halogenated alkanes) is 2. The molecule has 0 bridgehead atoms. The van der Waals surface area contributed by atoms with E-state index in [1.165, 1.54) is 47.3 Å². The van der Waals surface area contributed by atoms with Gasteiger partial charge in [0.05, 0.1) is 22.2 Å². The van der Waals surface area contributed by atoms with E-state index in [2.05, 4.69) is 31.6 Å². The standard InChI is InChI=1S/C44H58FN11O20/c45-17-5-6-25-22-54(53-52-25)26(23-75-27-9-13-35(55(71)72)33(20-27)46-18-3-1-7-29(39(61)62)48-43(69)50-31(41(65)66)11-15-37(57)58)24-76-28-10-14-36(56(73)74)34(21-28)47-19-4-2-8-30(40(63)64)49-44(70)51-32(42(67)68)12-16-38(59)60/h9-10,13-14,20-22,26,29-32,46-47H,1-8,11-12,15-19,23-24H2,(H,57,58)(H,59,60)(H,61,62)(H,63,64)(H,65,66)(H,67,68)(H2,48,50,69)(H2,49,51,70)/t26?,29-,30?,31-,32-/m0/s1. The Balaban J connectivity index is 1.66. The number of nitro groups is 2. The van der Waals surface area contributed by atoms with Gasteiger partial charge >= 0.3 is 47.9 Å². The van der Waals surface area contributed by atoms with Crippen LogP contribution in [0.5, 0.6) is 11.5 Å². The second-order valence-electron chi connectivity index (χ2n) is 16.6. The number of hydrogen-bond acceptors (Lipinski definition) is 18. The van der Waals surface area contributed by atoms with Crippen LogP contribution in [0.4, 0.5) is 36.7 Å². The maximum absolute atomic E-state index is 13.0. The number of carboxylic acid groups (broad SMARTS) is 6. The average molecular weight is 1080 g/mol. The summed E-state index contributed by atoms with van der Waals surface area (Å²) in [6, 6.07) is -1.52. The van der Waals surface area contributed by atoms with Gasteiger partial charge in [-0.2, -0.15) is 0 Å². The minimum absolute atomic E-state index is 0.0204. The number of carbonyl (C=O) groups is 8. The van der Waals surface area contributed by atoms with Gasteiger partial charge in [0.2, 0.25) is 0 Å². The number of anilines is 2. The van der Waals surface area contributed by atoms with E-state index in [0.717, 1.165) is 0 Å². The number of aliphatic carboxylic acids is 6. The zero-order valence-corrected chi connectivity index (χ0v) is 40.5. The molecule has 2 unspecified atom stereocenters. The van der Waals surface area contributed by atoms with Crippen molar-refractivity contribution in [2.75, 3.05) is 43.6 Å². The molecule has 76 heavy (non-hydrogen) atoms. The molecule has 4 amide bonds. The summed E-state index contributed by atoms with van der Waals surface area (Å²) in [7, 11) is 0. The summed E-state index contributed by atoms with van der Waals surface area (Å²) in [6.07, 6.45) is 0.421. The molecule has 2 aromatic carbocycles. The van der Waals surface area contributed by atoms with Gasteiger partial charge in [-0.25, -0.2) is 33.4 Å². The van der Waals surface area contributed by atoms with Crippen molar-refractivity contribution < 1.29 is 92.7 Å². The molecule has 0 saturated heterocycles. The molecule has 1 heterocycles. The van der Waals surface area contributed by atoms with E-state index in [0.29, 0.717) is 5.69 Å². The second-order valence-corrected chi connectivity index (χ2v) is 16.6. The van der Waals surface area contributed by atoms with E-state index in [1.54, 1.807) is 0 Å². The lowest BCUT2D eigenvalue weighted by Crippen LogP contribution is -2.51. The first-order valence-corrected chi connectivity index (χ1v) is 23.3. The predicted molar refractivity (Wildman–Crippen MR) is 258 cm³/mol. The lowest BCUT2D eigenvalue weighted by atomic mass is 10.1. The SMILES string of the molecule is O=C(O)CC[C@H](NC(=O)NC(CCCCNc1cc(OCC(COc2ccc([N+](=O)[O-])c(NCCCC[C@H](NC(=O)N[C@@H](CCC(=O)O)C(=O)O)C(=O)O)c2)n2cc(CCCF)nn2)ccc1[N+](=O)[O-])C(=O)O)C(=O)O. The highest BCUT2D eigenvalue weighted by Crippen LogP contribution is 2.31. The number of hydrogen-bond donors (Lipinski definition) is 12. The van der Waals surface area contributed by atoms with Crippen LogP contribution in [0.2, 0.25) is 0 Å². The molecule has 0 aliphatic heterocycles. The highest BCUT2D eigenvalue weighted by molar-refractivity contribution is 5.87. The van der Waals surface area contributed by atoms with Gasteiger partial charge in [0, 0.05) is 56.4 Å². The largest absolute Gasteiger partial charge is 0.491 e. The molecule has 3 aromatic rings. The molecule has 31 nitrogen and oxygen atoms in total. The van der Waals surface area contributed by atoms with Crippen molar-refractivity contribution in [3.63, 3.8) is 0 Å². The van der Waals surface area contributed by atoms with Crippen LogP contribution in [0.15, 0.2) is 42.6 Å². The van der Waals surface area contributed by atoms with E-state index in [1.807, 2.05) is 10.6 Å². The van der Waals surface area contributed by atoms with E-state index < -0.39 is 120 Å². The molecule has 0 aliphatic rings. The number of nitro benzene ring substituents is 2. The molecule has 5 atom stereocenters. The lowest BCUT2D eigenvalue weighted by molar-refractivity contribution is -0.384. The fraction of sp³-hybridized carbons (Fsp3) is 0.500. The van der Waals surface area contributed by atoms with Crippen LogP contribution in [0.3, 0.4) is 0 Å². The van der Waals surface area contributed by atoms with Gasteiger partial charge in [-0.1, -0.05) is 5.21 Å². The third-order valence-corrected chi connectivity index (χ3v) is 10.9. The first kappa shape index (κ1) is 61.2. The van der Waals surface area contributed by atoms with E-state index in [9.17, 15) is 83.4 Å². The highest BCUT2D eigenvalue weighted by atomic mass is 19.1. The molecular formula is C44H58FN11O20. The minimum Gasteiger partial charge on any atom is -0.491 e. The monoisotopic (exact) mass is 1080 g/mol. The second kappa shape index (κ2) is 31.5. The van der Waals surface area contributed by atoms with Crippen molar-refractivity contribution in [2.45, 2.75) is 107 Å². The Morgan fingerprint density at radius 2 is 0.987 bits per heavy atom. The van der Waals surface area contributed by atoms with Crippen LogP contribution in [0.1, 0.15) is 82.4 Å². The summed E-state index contributed by atoms with van der Waals surface area (Å²) in [5, 5.41) is 102. The number of aromatic nitrogens is 3. The van der Waals surface area contributed by atoms with Crippen LogP contribution in [0.25, 0.3) is 0 Å². The lowest BCUT2D eigenvalue weighted by Gasteiger charge is -2.19. The van der Waals surface area contributed by atoms with Gasteiger partial charge in [-0.05, 0) is 76.3 Å². The Hall–Kier alpha value is -9.13. The number of ether oxygens (including phenoxy) is 2. The van der Waals surface area contributed by atoms with Gasteiger partial charge in [0.1, 0.15) is 66.3 Å². The van der Waals surface area contributed by atoms with Crippen LogP contribution >= 0.6 is 0 Å². The Bertz CT molecular complexity index is 2370. The van der Waals surface area contributed by atoms with Crippen molar-refractivity contribution in [3.8, 4) is 11.5 Å². The van der Waals surface area contributed by atoms with Crippen molar-refractivity contribution in [1.82, 2.24) is 36.3 Å². The summed E-state index contributed by atoms with van der Waals surface area (Å²) in [5.74, 6) is -8.25. The molecule has 3 rings (SSSR count). The number of halogens is 1. The van der Waals surface area contributed by atoms with Crippen molar-refractivity contribution in [1.29, 1.82) is 0 Å². The number of alkyl halides is 1. The Labute approximate surface area is 429 Å². The van der Waals surface area contributed by atoms with E-state index >= 15 is 0 Å².